The molecule has 90 valence electrons. The molecule has 1 atom stereocenters. The maximum atomic E-state index is 9.70. The van der Waals surface area contributed by atoms with E-state index in [1.165, 1.54) is 5.56 Å². The average molecular weight is 231 g/mol. The minimum Gasteiger partial charge on any atom is -0.387 e. The minimum atomic E-state index is -0.530. The Morgan fingerprint density at radius 1 is 1.29 bits per heavy atom. The van der Waals surface area contributed by atoms with E-state index in [2.05, 4.69) is 23.3 Å². The van der Waals surface area contributed by atoms with Gasteiger partial charge in [0, 0.05) is 0 Å². The van der Waals surface area contributed by atoms with Gasteiger partial charge >= 0.3 is 0 Å². The van der Waals surface area contributed by atoms with Crippen LogP contribution in [0, 0.1) is 0 Å². The lowest BCUT2D eigenvalue weighted by molar-refractivity contribution is 0.169. The molecule has 17 heavy (non-hydrogen) atoms. The maximum Gasteiger partial charge on any atom is 0.112 e. The van der Waals surface area contributed by atoms with Crippen LogP contribution in [0.3, 0.4) is 0 Å². The number of aromatic nitrogens is 3. The van der Waals surface area contributed by atoms with Gasteiger partial charge in [0.25, 0.3) is 0 Å². The van der Waals surface area contributed by atoms with E-state index >= 15 is 0 Å². The highest BCUT2D eigenvalue weighted by Crippen LogP contribution is 2.17. The van der Waals surface area contributed by atoms with Gasteiger partial charge in [0.2, 0.25) is 0 Å². The van der Waals surface area contributed by atoms with Crippen molar-refractivity contribution in [3.8, 4) is 5.69 Å². The van der Waals surface area contributed by atoms with E-state index < -0.39 is 6.10 Å². The Bertz CT molecular complexity index is 493. The van der Waals surface area contributed by atoms with E-state index in [1.807, 2.05) is 25.1 Å². The van der Waals surface area contributed by atoms with Gasteiger partial charge in [-0.05, 0) is 24.5 Å². The molecule has 0 saturated carbocycles. The molecule has 0 radical (unpaired) electrons. The van der Waals surface area contributed by atoms with Gasteiger partial charge in [-0.25, -0.2) is 4.68 Å². The predicted octanol–water partition coefficient (Wildman–Crippen LogP) is 2.27. The summed E-state index contributed by atoms with van der Waals surface area (Å²) in [6, 6.07) is 8.08. The minimum absolute atomic E-state index is 0.530. The standard InChI is InChI=1S/C13H17N3O/c1-3-10-7-5-6-8-12(10)16-9-11(14-15-16)13(17)4-2/h5-9,13,17H,3-4H2,1-2H3. The van der Waals surface area contributed by atoms with E-state index in [9.17, 15) is 5.11 Å². The van der Waals surface area contributed by atoms with Gasteiger partial charge in [-0.1, -0.05) is 37.3 Å². The van der Waals surface area contributed by atoms with E-state index in [0.717, 1.165) is 12.1 Å². The molecule has 1 unspecified atom stereocenters. The summed E-state index contributed by atoms with van der Waals surface area (Å²) in [5.41, 5.74) is 2.87. The first-order valence-corrected chi connectivity index (χ1v) is 5.94. The van der Waals surface area contributed by atoms with Crippen molar-refractivity contribution in [1.82, 2.24) is 15.0 Å². The number of para-hydroxylation sites is 1. The summed E-state index contributed by atoms with van der Waals surface area (Å²) in [7, 11) is 0. The van der Waals surface area contributed by atoms with Crippen molar-refractivity contribution in [3.63, 3.8) is 0 Å². The fourth-order valence-electron chi connectivity index (χ4n) is 1.79. The molecular formula is C13H17N3O. The number of aliphatic hydroxyl groups excluding tert-OH is 1. The van der Waals surface area contributed by atoms with Gasteiger partial charge in [0.05, 0.1) is 18.0 Å². The first kappa shape index (κ1) is 11.8. The zero-order valence-electron chi connectivity index (χ0n) is 10.2. The van der Waals surface area contributed by atoms with Crippen LogP contribution in [0.1, 0.15) is 37.6 Å². The molecule has 2 rings (SSSR count). The fourth-order valence-corrected chi connectivity index (χ4v) is 1.79. The number of nitrogens with zero attached hydrogens (tertiary/aromatic N) is 3. The largest absolute Gasteiger partial charge is 0.387 e. The third-order valence-electron chi connectivity index (χ3n) is 2.86. The molecule has 0 aliphatic rings. The number of rotatable bonds is 4. The van der Waals surface area contributed by atoms with Crippen LogP contribution in [0.4, 0.5) is 0 Å². The molecule has 2 aromatic rings. The van der Waals surface area contributed by atoms with Gasteiger partial charge in [-0.3, -0.25) is 0 Å². The lowest BCUT2D eigenvalue weighted by Crippen LogP contribution is -1.99. The van der Waals surface area contributed by atoms with Gasteiger partial charge in [-0.15, -0.1) is 5.10 Å². The summed E-state index contributed by atoms with van der Waals surface area (Å²) < 4.78 is 1.73. The van der Waals surface area contributed by atoms with Crippen LogP contribution in [-0.4, -0.2) is 20.1 Å². The molecule has 4 heteroatoms. The van der Waals surface area contributed by atoms with Crippen LogP contribution in [0.25, 0.3) is 5.69 Å². The lowest BCUT2D eigenvalue weighted by atomic mass is 10.1. The van der Waals surface area contributed by atoms with E-state index in [1.54, 1.807) is 10.9 Å². The smallest absolute Gasteiger partial charge is 0.112 e. The molecular weight excluding hydrogens is 214 g/mol. The summed E-state index contributed by atoms with van der Waals surface area (Å²) >= 11 is 0. The normalized spacial score (nSPS) is 12.6. The summed E-state index contributed by atoms with van der Waals surface area (Å²) in [5, 5.41) is 17.8. The molecule has 4 nitrogen and oxygen atoms in total. The molecule has 1 aromatic heterocycles. The van der Waals surface area contributed by atoms with Crippen molar-refractivity contribution in [2.45, 2.75) is 32.8 Å². The van der Waals surface area contributed by atoms with Gasteiger partial charge in [0.1, 0.15) is 5.69 Å². The second-order valence-electron chi connectivity index (χ2n) is 3.99. The zero-order valence-corrected chi connectivity index (χ0v) is 10.2. The topological polar surface area (TPSA) is 50.9 Å². The summed E-state index contributed by atoms with van der Waals surface area (Å²) in [4.78, 5) is 0. The van der Waals surface area contributed by atoms with Gasteiger partial charge < -0.3 is 5.11 Å². The fraction of sp³-hybridized carbons (Fsp3) is 0.385. The highest BCUT2D eigenvalue weighted by molar-refractivity contribution is 5.40. The molecule has 1 heterocycles. The first-order valence-electron chi connectivity index (χ1n) is 5.94. The lowest BCUT2D eigenvalue weighted by Gasteiger charge is -2.06. The Morgan fingerprint density at radius 2 is 2.06 bits per heavy atom. The summed E-state index contributed by atoms with van der Waals surface area (Å²) in [6.45, 7) is 4.03. The van der Waals surface area contributed by atoms with Gasteiger partial charge in [0.15, 0.2) is 0 Å². The van der Waals surface area contributed by atoms with Crippen molar-refractivity contribution >= 4 is 0 Å². The number of hydrogen-bond acceptors (Lipinski definition) is 3. The Kier molecular flexibility index (Phi) is 3.54. The molecule has 0 saturated heterocycles. The van der Waals surface area contributed by atoms with Crippen LogP contribution in [0.15, 0.2) is 30.5 Å². The molecule has 0 fully saturated rings. The average Bonchev–Trinajstić information content (AvgIpc) is 2.87. The number of aliphatic hydroxyl groups is 1. The Hall–Kier alpha value is -1.68. The van der Waals surface area contributed by atoms with E-state index in [-0.39, 0.29) is 0 Å². The van der Waals surface area contributed by atoms with Crippen LogP contribution in [0.5, 0.6) is 0 Å². The second kappa shape index (κ2) is 5.10. The Balaban J connectivity index is 2.37. The van der Waals surface area contributed by atoms with Crippen molar-refractivity contribution < 1.29 is 5.11 Å². The van der Waals surface area contributed by atoms with Crippen LogP contribution in [-0.2, 0) is 6.42 Å². The van der Waals surface area contributed by atoms with Crippen LogP contribution >= 0.6 is 0 Å². The molecule has 1 N–H and O–H groups in total. The van der Waals surface area contributed by atoms with Crippen molar-refractivity contribution in [2.24, 2.45) is 0 Å². The SMILES string of the molecule is CCc1ccccc1-n1cc(C(O)CC)nn1. The third kappa shape index (κ3) is 2.36. The predicted molar refractivity (Wildman–Crippen MR) is 66.0 cm³/mol. The quantitative estimate of drug-likeness (QED) is 0.878. The van der Waals surface area contributed by atoms with Crippen molar-refractivity contribution in [1.29, 1.82) is 0 Å². The molecule has 0 amide bonds. The first-order chi connectivity index (χ1) is 8.26. The number of aryl methyl sites for hydroxylation is 1. The highest BCUT2D eigenvalue weighted by atomic mass is 16.3. The molecule has 1 aromatic carbocycles. The van der Waals surface area contributed by atoms with E-state index in [4.69, 9.17) is 0 Å². The molecule has 0 aliphatic heterocycles. The van der Waals surface area contributed by atoms with Crippen LogP contribution in [0.2, 0.25) is 0 Å². The zero-order chi connectivity index (χ0) is 12.3. The second-order valence-corrected chi connectivity index (χ2v) is 3.99. The van der Waals surface area contributed by atoms with Gasteiger partial charge in [-0.2, -0.15) is 0 Å². The monoisotopic (exact) mass is 231 g/mol. The molecule has 0 bridgehead atoms. The summed E-state index contributed by atoms with van der Waals surface area (Å²) in [5.74, 6) is 0. The molecule has 0 aliphatic carbocycles. The van der Waals surface area contributed by atoms with E-state index in [0.29, 0.717) is 12.1 Å². The van der Waals surface area contributed by atoms with Crippen molar-refractivity contribution in [3.05, 3.63) is 41.7 Å². The highest BCUT2D eigenvalue weighted by Gasteiger charge is 2.11. The van der Waals surface area contributed by atoms with Crippen LogP contribution < -0.4 is 0 Å². The number of hydrogen-bond donors (Lipinski definition) is 1. The number of benzene rings is 1. The Labute approximate surface area is 101 Å². The third-order valence-corrected chi connectivity index (χ3v) is 2.86. The summed E-state index contributed by atoms with van der Waals surface area (Å²) in [6.07, 6.45) is 2.86. The van der Waals surface area contributed by atoms with Crippen molar-refractivity contribution in [2.75, 3.05) is 0 Å². The Morgan fingerprint density at radius 3 is 2.76 bits per heavy atom. The maximum absolute atomic E-state index is 9.70. The molecule has 0 spiro atoms.